The molecule has 5 rings (SSSR count). The number of nitrogens with zero attached hydrogens (tertiary/aromatic N) is 4. The number of pyridine rings is 1. The molecule has 3 aromatic rings. The zero-order chi connectivity index (χ0) is 20.3. The molecule has 2 aliphatic rings. The Hall–Kier alpha value is -3.45. The first-order chi connectivity index (χ1) is 14.8. The summed E-state index contributed by atoms with van der Waals surface area (Å²) < 4.78 is 5.45. The molecule has 0 saturated carbocycles. The largest absolute Gasteiger partial charge is 0.402 e. The van der Waals surface area contributed by atoms with Crippen LogP contribution in [0.2, 0.25) is 0 Å². The van der Waals surface area contributed by atoms with E-state index >= 15 is 0 Å². The number of hydrogen-bond donors (Lipinski definition) is 2. The van der Waals surface area contributed by atoms with E-state index in [2.05, 4.69) is 50.5 Å². The fraction of sp³-hybridized carbons (Fsp3) is 0.261. The molecule has 1 aliphatic carbocycles. The third-order valence-corrected chi connectivity index (χ3v) is 5.41. The molecule has 3 N–H and O–H groups in total. The average molecular weight is 400 g/mol. The van der Waals surface area contributed by atoms with Gasteiger partial charge in [-0.2, -0.15) is 0 Å². The van der Waals surface area contributed by atoms with Gasteiger partial charge in [-0.15, -0.1) is 0 Å². The van der Waals surface area contributed by atoms with Crippen molar-refractivity contribution in [3.8, 4) is 11.3 Å². The summed E-state index contributed by atoms with van der Waals surface area (Å²) in [4.78, 5) is 16.2. The summed E-state index contributed by atoms with van der Waals surface area (Å²) in [6, 6.07) is 10.5. The predicted molar refractivity (Wildman–Crippen MR) is 119 cm³/mol. The Morgan fingerprint density at radius 2 is 1.80 bits per heavy atom. The third kappa shape index (κ3) is 3.84. The number of aromatic nitrogens is 3. The minimum absolute atomic E-state index is 0.682. The maximum absolute atomic E-state index is 6.01. The molecular formula is C23H24N6O. The van der Waals surface area contributed by atoms with Crippen LogP contribution in [0.15, 0.2) is 66.3 Å². The summed E-state index contributed by atoms with van der Waals surface area (Å²) in [5.74, 6) is 0.703. The minimum atomic E-state index is 0.682. The molecule has 0 radical (unpaired) electrons. The molecule has 152 valence electrons. The molecule has 0 atom stereocenters. The molecule has 1 aromatic carbocycles. The van der Waals surface area contributed by atoms with Crippen LogP contribution in [0.1, 0.15) is 12.8 Å². The highest BCUT2D eigenvalue weighted by Crippen LogP contribution is 2.29. The third-order valence-electron chi connectivity index (χ3n) is 5.41. The molecule has 2 aromatic heterocycles. The summed E-state index contributed by atoms with van der Waals surface area (Å²) in [5.41, 5.74) is 12.6. The maximum Gasteiger partial charge on any atom is 0.159 e. The van der Waals surface area contributed by atoms with E-state index in [1.807, 2.05) is 12.1 Å². The highest BCUT2D eigenvalue weighted by atomic mass is 16.5. The van der Waals surface area contributed by atoms with Crippen LogP contribution in [-0.4, -0.2) is 41.3 Å². The van der Waals surface area contributed by atoms with Crippen molar-refractivity contribution in [1.82, 2.24) is 15.0 Å². The second-order valence-corrected chi connectivity index (χ2v) is 7.47. The van der Waals surface area contributed by atoms with E-state index in [-0.39, 0.29) is 0 Å². The van der Waals surface area contributed by atoms with E-state index in [4.69, 9.17) is 15.5 Å². The van der Waals surface area contributed by atoms with Crippen molar-refractivity contribution in [2.24, 2.45) is 5.73 Å². The van der Waals surface area contributed by atoms with Crippen molar-refractivity contribution in [3.05, 3.63) is 66.3 Å². The number of anilines is 2. The van der Waals surface area contributed by atoms with Gasteiger partial charge in [0.25, 0.3) is 0 Å². The summed E-state index contributed by atoms with van der Waals surface area (Å²) in [6.07, 6.45) is 9.06. The first-order valence-corrected chi connectivity index (χ1v) is 10.2. The van der Waals surface area contributed by atoms with Crippen LogP contribution in [0.4, 0.5) is 11.5 Å². The Labute approximate surface area is 175 Å². The Morgan fingerprint density at radius 3 is 2.60 bits per heavy atom. The van der Waals surface area contributed by atoms with Gasteiger partial charge in [0.1, 0.15) is 5.52 Å². The van der Waals surface area contributed by atoms with Gasteiger partial charge < -0.3 is 20.7 Å². The number of ether oxygens (including phenoxy) is 1. The van der Waals surface area contributed by atoms with Crippen molar-refractivity contribution in [2.45, 2.75) is 12.8 Å². The van der Waals surface area contributed by atoms with E-state index in [1.54, 1.807) is 12.4 Å². The number of benzene rings is 1. The molecule has 7 heteroatoms. The van der Waals surface area contributed by atoms with E-state index in [1.165, 1.54) is 5.69 Å². The molecule has 1 fully saturated rings. The van der Waals surface area contributed by atoms with Crippen LogP contribution in [0, 0.1) is 0 Å². The normalized spacial score (nSPS) is 16.9. The monoisotopic (exact) mass is 400 g/mol. The molecule has 7 nitrogen and oxygen atoms in total. The van der Waals surface area contributed by atoms with E-state index in [9.17, 15) is 0 Å². The van der Waals surface area contributed by atoms with Crippen LogP contribution in [0.25, 0.3) is 22.3 Å². The van der Waals surface area contributed by atoms with Gasteiger partial charge in [-0.25, -0.2) is 9.97 Å². The number of rotatable bonds is 4. The molecule has 30 heavy (non-hydrogen) atoms. The van der Waals surface area contributed by atoms with Crippen molar-refractivity contribution < 1.29 is 4.74 Å². The van der Waals surface area contributed by atoms with Crippen LogP contribution in [0.5, 0.6) is 0 Å². The standard InChI is InChI=1S/C23H24N6O/c24-17-2-1-3-18(14-17)27-23-22-21(25-8-9-26-22)15-20(28-23)16-4-6-19(7-5-16)29-10-12-30-13-11-29/h2-9,15H,1,10-14,24H2,(H,27,28). The lowest BCUT2D eigenvalue weighted by Crippen LogP contribution is -2.36. The van der Waals surface area contributed by atoms with E-state index in [0.29, 0.717) is 12.2 Å². The van der Waals surface area contributed by atoms with Gasteiger partial charge in [-0.3, -0.25) is 4.98 Å². The second-order valence-electron chi connectivity index (χ2n) is 7.47. The zero-order valence-corrected chi connectivity index (χ0v) is 16.7. The number of morpholine rings is 1. The minimum Gasteiger partial charge on any atom is -0.402 e. The van der Waals surface area contributed by atoms with Crippen LogP contribution in [-0.2, 0) is 4.74 Å². The van der Waals surface area contributed by atoms with Gasteiger partial charge in [0, 0.05) is 54.5 Å². The van der Waals surface area contributed by atoms with Crippen LogP contribution >= 0.6 is 0 Å². The molecule has 0 bridgehead atoms. The molecule has 0 unspecified atom stereocenters. The lowest BCUT2D eigenvalue weighted by Gasteiger charge is -2.28. The number of nitrogens with two attached hydrogens (primary N) is 1. The molecule has 1 aliphatic heterocycles. The second kappa shape index (κ2) is 8.12. The fourth-order valence-corrected chi connectivity index (χ4v) is 3.84. The topological polar surface area (TPSA) is 89.2 Å². The van der Waals surface area contributed by atoms with Gasteiger partial charge in [-0.1, -0.05) is 24.3 Å². The van der Waals surface area contributed by atoms with Crippen molar-refractivity contribution >= 4 is 22.5 Å². The quantitative estimate of drug-likeness (QED) is 0.693. The maximum atomic E-state index is 6.01. The predicted octanol–water partition coefficient (Wildman–Crippen LogP) is 3.46. The summed E-state index contributed by atoms with van der Waals surface area (Å²) in [6.45, 7) is 3.39. The van der Waals surface area contributed by atoms with Gasteiger partial charge in [-0.05, 0) is 24.6 Å². The lowest BCUT2D eigenvalue weighted by atomic mass is 10.1. The smallest absolute Gasteiger partial charge is 0.159 e. The van der Waals surface area contributed by atoms with Crippen molar-refractivity contribution in [3.63, 3.8) is 0 Å². The average Bonchev–Trinajstić information content (AvgIpc) is 2.80. The first-order valence-electron chi connectivity index (χ1n) is 10.2. The number of nitrogens with one attached hydrogen (secondary N) is 1. The van der Waals surface area contributed by atoms with Gasteiger partial charge in [0.05, 0.1) is 24.4 Å². The Morgan fingerprint density at radius 1 is 1.00 bits per heavy atom. The summed E-state index contributed by atoms with van der Waals surface area (Å²) in [5, 5.41) is 3.43. The van der Waals surface area contributed by atoms with Crippen molar-refractivity contribution in [2.75, 3.05) is 36.5 Å². The molecule has 0 amide bonds. The molecule has 0 spiro atoms. The fourth-order valence-electron chi connectivity index (χ4n) is 3.84. The van der Waals surface area contributed by atoms with E-state index < -0.39 is 0 Å². The van der Waals surface area contributed by atoms with Gasteiger partial charge in [0.15, 0.2) is 5.82 Å². The van der Waals surface area contributed by atoms with Crippen LogP contribution < -0.4 is 16.0 Å². The lowest BCUT2D eigenvalue weighted by molar-refractivity contribution is 0.122. The number of allylic oxidation sites excluding steroid dienone is 2. The van der Waals surface area contributed by atoms with Gasteiger partial charge in [0.2, 0.25) is 0 Å². The SMILES string of the molecule is NC1=CCC=C(Nc2nc(-c3ccc(N4CCOCC4)cc3)cc3nccnc23)C1. The summed E-state index contributed by atoms with van der Waals surface area (Å²) in [7, 11) is 0. The Balaban J connectivity index is 1.48. The molecule has 1 saturated heterocycles. The molecule has 3 heterocycles. The number of fused-ring (bicyclic) bond motifs is 1. The highest BCUT2D eigenvalue weighted by Gasteiger charge is 2.14. The van der Waals surface area contributed by atoms with Crippen molar-refractivity contribution in [1.29, 1.82) is 0 Å². The van der Waals surface area contributed by atoms with E-state index in [0.717, 1.165) is 66.4 Å². The zero-order valence-electron chi connectivity index (χ0n) is 16.7. The molecular weight excluding hydrogens is 376 g/mol. The summed E-state index contributed by atoms with van der Waals surface area (Å²) >= 11 is 0. The Kier molecular flexibility index (Phi) is 5.03. The highest BCUT2D eigenvalue weighted by molar-refractivity contribution is 5.89. The first kappa shape index (κ1) is 18.6. The van der Waals surface area contributed by atoms with Gasteiger partial charge >= 0.3 is 0 Å². The number of hydrogen-bond acceptors (Lipinski definition) is 7. The Bertz CT molecular complexity index is 1120. The van der Waals surface area contributed by atoms with Crippen LogP contribution in [0.3, 0.4) is 0 Å².